The van der Waals surface area contributed by atoms with Crippen molar-refractivity contribution in [3.05, 3.63) is 35.9 Å². The van der Waals surface area contributed by atoms with E-state index in [1.54, 1.807) is 12.3 Å². The van der Waals surface area contributed by atoms with Crippen LogP contribution < -0.4 is 9.47 Å². The van der Waals surface area contributed by atoms with Crippen LogP contribution in [-0.4, -0.2) is 36.3 Å². The van der Waals surface area contributed by atoms with E-state index in [1.807, 2.05) is 26.0 Å². The Labute approximate surface area is 164 Å². The zero-order chi connectivity index (χ0) is 19.4. The van der Waals surface area contributed by atoms with Gasteiger partial charge in [0, 0.05) is 11.6 Å². The lowest BCUT2D eigenvalue weighted by Gasteiger charge is -2.37. The molecule has 6 rings (SSSR count). The Morgan fingerprint density at radius 1 is 1.04 bits per heavy atom. The lowest BCUT2D eigenvalue weighted by molar-refractivity contribution is -0.140. The normalized spacial score (nSPS) is 34.7. The second-order valence-corrected chi connectivity index (χ2v) is 7.95. The summed E-state index contributed by atoms with van der Waals surface area (Å²) in [5, 5.41) is 5.39. The van der Waals surface area contributed by atoms with Gasteiger partial charge in [-0.3, -0.25) is 9.59 Å². The third-order valence-electron chi connectivity index (χ3n) is 6.55. The molecule has 146 valence electrons. The van der Waals surface area contributed by atoms with Crippen LogP contribution in [0, 0.1) is 35.5 Å². The highest BCUT2D eigenvalue weighted by molar-refractivity contribution is 6.06. The van der Waals surface area contributed by atoms with Crippen LogP contribution >= 0.6 is 0 Å². The molecular formula is C22H24N2O4. The van der Waals surface area contributed by atoms with Crippen molar-refractivity contribution >= 4 is 18.0 Å². The van der Waals surface area contributed by atoms with E-state index in [2.05, 4.69) is 17.3 Å². The van der Waals surface area contributed by atoms with Crippen molar-refractivity contribution in [1.29, 1.82) is 0 Å². The predicted molar refractivity (Wildman–Crippen MR) is 103 cm³/mol. The molecule has 6 heteroatoms. The minimum Gasteiger partial charge on any atom is -0.494 e. The van der Waals surface area contributed by atoms with Crippen molar-refractivity contribution < 1.29 is 19.1 Å². The van der Waals surface area contributed by atoms with Crippen LogP contribution in [0.3, 0.4) is 0 Å². The number of hydrogen-bond acceptors (Lipinski definition) is 5. The number of nitrogens with zero attached hydrogens (tertiary/aromatic N) is 2. The van der Waals surface area contributed by atoms with Crippen LogP contribution in [0.25, 0.3) is 0 Å². The average molecular weight is 380 g/mol. The van der Waals surface area contributed by atoms with Gasteiger partial charge in [-0.1, -0.05) is 12.2 Å². The van der Waals surface area contributed by atoms with E-state index in [1.165, 1.54) is 0 Å². The molecule has 1 aliphatic heterocycles. The molecule has 2 bridgehead atoms. The molecule has 2 amide bonds. The van der Waals surface area contributed by atoms with Crippen LogP contribution in [0.4, 0.5) is 0 Å². The monoisotopic (exact) mass is 380 g/mol. The largest absolute Gasteiger partial charge is 0.494 e. The highest BCUT2D eigenvalue weighted by Crippen LogP contribution is 2.65. The summed E-state index contributed by atoms with van der Waals surface area (Å²) in [7, 11) is 0. The summed E-state index contributed by atoms with van der Waals surface area (Å²) in [4.78, 5) is 26.0. The van der Waals surface area contributed by atoms with Crippen LogP contribution in [0.2, 0.25) is 0 Å². The summed E-state index contributed by atoms with van der Waals surface area (Å²) >= 11 is 0. The molecule has 2 saturated carbocycles. The fourth-order valence-electron chi connectivity index (χ4n) is 5.33. The van der Waals surface area contributed by atoms with Crippen molar-refractivity contribution in [2.45, 2.75) is 20.3 Å². The molecule has 1 saturated heterocycles. The van der Waals surface area contributed by atoms with E-state index >= 15 is 0 Å². The molecule has 1 heterocycles. The Morgan fingerprint density at radius 2 is 1.68 bits per heavy atom. The number of imide groups is 1. The summed E-state index contributed by atoms with van der Waals surface area (Å²) in [6, 6.07) is 5.47. The van der Waals surface area contributed by atoms with Crippen molar-refractivity contribution in [1.82, 2.24) is 5.01 Å². The quantitative estimate of drug-likeness (QED) is 0.432. The first kappa shape index (κ1) is 17.5. The second-order valence-electron chi connectivity index (χ2n) is 7.95. The number of amides is 2. The van der Waals surface area contributed by atoms with Crippen molar-refractivity contribution in [3.63, 3.8) is 0 Å². The van der Waals surface area contributed by atoms with Crippen LogP contribution in [0.15, 0.2) is 35.5 Å². The summed E-state index contributed by atoms with van der Waals surface area (Å²) in [5.41, 5.74) is 0.713. The second kappa shape index (κ2) is 6.47. The van der Waals surface area contributed by atoms with Gasteiger partial charge in [-0.2, -0.15) is 10.1 Å². The van der Waals surface area contributed by atoms with Gasteiger partial charge in [-0.15, -0.1) is 0 Å². The van der Waals surface area contributed by atoms with Crippen LogP contribution in [0.5, 0.6) is 11.5 Å². The maximum absolute atomic E-state index is 13.0. The first-order valence-corrected chi connectivity index (χ1v) is 10.1. The molecule has 4 aliphatic carbocycles. The first-order valence-electron chi connectivity index (χ1n) is 10.1. The van der Waals surface area contributed by atoms with Gasteiger partial charge >= 0.3 is 0 Å². The molecule has 0 aromatic heterocycles. The van der Waals surface area contributed by atoms with Gasteiger partial charge in [0.1, 0.15) is 11.5 Å². The number of carbonyl (C=O) groups excluding carboxylic acids is 2. The topological polar surface area (TPSA) is 68.2 Å². The van der Waals surface area contributed by atoms with Crippen LogP contribution in [-0.2, 0) is 9.59 Å². The molecule has 0 spiro atoms. The van der Waals surface area contributed by atoms with Gasteiger partial charge < -0.3 is 9.47 Å². The number of ether oxygens (including phenoxy) is 2. The Balaban J connectivity index is 1.40. The minimum absolute atomic E-state index is 0.153. The van der Waals surface area contributed by atoms with Crippen LogP contribution in [0.1, 0.15) is 25.8 Å². The molecular weight excluding hydrogens is 356 g/mol. The Kier molecular flexibility index (Phi) is 4.03. The van der Waals surface area contributed by atoms with Gasteiger partial charge in [0.2, 0.25) is 0 Å². The zero-order valence-corrected chi connectivity index (χ0v) is 16.1. The van der Waals surface area contributed by atoms with Gasteiger partial charge in [0.25, 0.3) is 11.8 Å². The SMILES string of the molecule is CCOc1ccc(/C=N\N2C(=O)[C@@H]3[C@H]4C=C[C@@H]([C@@H]5C[C@@H]45)[C@@H]3C2=O)c(OCC)c1. The zero-order valence-electron chi connectivity index (χ0n) is 16.1. The van der Waals surface area contributed by atoms with E-state index in [0.717, 1.165) is 11.4 Å². The maximum Gasteiger partial charge on any atom is 0.254 e. The lowest BCUT2D eigenvalue weighted by atomic mass is 9.63. The highest BCUT2D eigenvalue weighted by Gasteiger charge is 2.67. The number of carbonyl (C=O) groups is 2. The molecule has 6 nitrogen and oxygen atoms in total. The highest BCUT2D eigenvalue weighted by atomic mass is 16.5. The van der Waals surface area contributed by atoms with E-state index in [9.17, 15) is 9.59 Å². The van der Waals surface area contributed by atoms with E-state index in [4.69, 9.17) is 9.47 Å². The molecule has 28 heavy (non-hydrogen) atoms. The van der Waals surface area contributed by atoms with Crippen molar-refractivity contribution in [2.24, 2.45) is 40.6 Å². The fourth-order valence-corrected chi connectivity index (χ4v) is 5.33. The van der Waals surface area contributed by atoms with Gasteiger partial charge in [0.05, 0.1) is 31.3 Å². The molecule has 0 unspecified atom stereocenters. The summed E-state index contributed by atoms with van der Waals surface area (Å²) in [6.07, 6.45) is 7.03. The molecule has 0 N–H and O–H groups in total. The number of hydrazone groups is 1. The van der Waals surface area contributed by atoms with E-state index < -0.39 is 0 Å². The molecule has 1 aromatic rings. The van der Waals surface area contributed by atoms with Gasteiger partial charge in [-0.05, 0) is 56.1 Å². The summed E-state index contributed by atoms with van der Waals surface area (Å²) < 4.78 is 11.2. The molecule has 0 radical (unpaired) electrons. The van der Waals surface area contributed by atoms with E-state index in [0.29, 0.717) is 42.1 Å². The van der Waals surface area contributed by atoms with Gasteiger partial charge in [-0.25, -0.2) is 0 Å². The lowest BCUT2D eigenvalue weighted by Crippen LogP contribution is -2.40. The molecule has 1 aromatic carbocycles. The van der Waals surface area contributed by atoms with E-state index in [-0.39, 0.29) is 35.5 Å². The third-order valence-corrected chi connectivity index (χ3v) is 6.55. The number of hydrogen-bond donors (Lipinski definition) is 0. The smallest absolute Gasteiger partial charge is 0.254 e. The number of rotatable bonds is 6. The fraction of sp³-hybridized carbons (Fsp3) is 0.500. The number of allylic oxidation sites excluding steroid dienone is 2. The Morgan fingerprint density at radius 3 is 2.29 bits per heavy atom. The van der Waals surface area contributed by atoms with Gasteiger partial charge in [0.15, 0.2) is 0 Å². The molecule has 5 aliphatic rings. The molecule has 3 fully saturated rings. The van der Waals surface area contributed by atoms with Crippen molar-refractivity contribution in [2.75, 3.05) is 13.2 Å². The number of benzene rings is 1. The molecule has 6 atom stereocenters. The van der Waals surface area contributed by atoms with Crippen molar-refractivity contribution in [3.8, 4) is 11.5 Å². The third kappa shape index (κ3) is 2.50. The summed E-state index contributed by atoms with van der Waals surface area (Å²) in [6.45, 7) is 4.89. The Bertz CT molecular complexity index is 857. The standard InChI is InChI=1S/C22H24N2O4/c1-3-27-13-6-5-12(18(9-13)28-4-2)11-23-24-21(25)19-14-7-8-15(17-10-16(14)17)20(19)22(24)26/h5-9,11,14-17,19-20H,3-4,10H2,1-2H3/b23-11-/t14-,15-,16-,17-,19-,20+/m0/s1. The first-order chi connectivity index (χ1) is 13.6. The predicted octanol–water partition coefficient (Wildman–Crippen LogP) is 2.87. The summed E-state index contributed by atoms with van der Waals surface area (Å²) in [5.74, 6) is 2.17. The average Bonchev–Trinajstić information content (AvgIpc) is 3.47. The minimum atomic E-state index is -0.227. The maximum atomic E-state index is 13.0. The Hall–Kier alpha value is -2.63.